The van der Waals surface area contributed by atoms with Crippen LogP contribution in [-0.2, 0) is 48.7 Å². The lowest BCUT2D eigenvalue weighted by Gasteiger charge is -2.19. The van der Waals surface area contributed by atoms with Crippen LogP contribution in [0.3, 0.4) is 0 Å². The Hall–Kier alpha value is -13.1. The summed E-state index contributed by atoms with van der Waals surface area (Å²) < 4.78 is 32.6. The van der Waals surface area contributed by atoms with Crippen molar-refractivity contribution in [3.05, 3.63) is 275 Å². The first-order valence-electron chi connectivity index (χ1n) is 48.3. The Bertz CT molecular complexity index is 6170. The van der Waals surface area contributed by atoms with Crippen LogP contribution in [-0.4, -0.2) is 144 Å². The third-order valence-corrected chi connectivity index (χ3v) is 21.6. The molecule has 2 saturated carbocycles. The van der Waals surface area contributed by atoms with Crippen LogP contribution >= 0.6 is 0 Å². The molecule has 141 heavy (non-hydrogen) atoms. The van der Waals surface area contributed by atoms with Crippen LogP contribution in [0, 0.1) is 47.5 Å². The predicted octanol–water partition coefficient (Wildman–Crippen LogP) is 23.9. The average Bonchev–Trinajstić information content (AvgIpc) is 1.64. The fourth-order valence-electron chi connectivity index (χ4n) is 12.2. The van der Waals surface area contributed by atoms with Gasteiger partial charge in [-0.1, -0.05) is 193 Å². The zero-order valence-electron chi connectivity index (χ0n) is 91.5. The Morgan fingerprint density at radius 3 is 1.03 bits per heavy atom. The van der Waals surface area contributed by atoms with Gasteiger partial charge in [-0.2, -0.15) is 24.8 Å². The van der Waals surface area contributed by atoms with Gasteiger partial charge >= 0.3 is 0 Å². The van der Waals surface area contributed by atoms with Gasteiger partial charge in [0.05, 0.1) is 65.1 Å². The molecule has 0 saturated heterocycles. The zero-order chi connectivity index (χ0) is 105. The van der Waals surface area contributed by atoms with E-state index >= 15 is 0 Å². The van der Waals surface area contributed by atoms with Crippen molar-refractivity contribution in [1.29, 1.82) is 0 Å². The number of rotatable bonds is 4. The summed E-state index contributed by atoms with van der Waals surface area (Å²) in [4.78, 5) is 71.2. The summed E-state index contributed by atoms with van der Waals surface area (Å²) in [5, 5.41) is 21.1. The van der Waals surface area contributed by atoms with Crippen LogP contribution in [0.5, 0.6) is 11.8 Å². The smallest absolute Gasteiger partial charge is 0.235 e. The van der Waals surface area contributed by atoms with Crippen molar-refractivity contribution in [2.75, 3.05) is 5.73 Å². The summed E-state index contributed by atoms with van der Waals surface area (Å²) in [5.74, 6) is 5.03. The average molecular weight is 1920 g/mol. The van der Waals surface area contributed by atoms with Gasteiger partial charge in [0.15, 0.2) is 28.2 Å². The number of pyridine rings is 1. The number of aromatic nitrogens is 27. The number of nitrogens with zero attached hydrogens (tertiary/aromatic N) is 27. The minimum Gasteiger partial charge on any atom is -0.471 e. The van der Waals surface area contributed by atoms with E-state index in [2.05, 4.69) is 328 Å². The number of ether oxygens (including phenoxy) is 2. The molecular weight excluding hydrogens is 1760 g/mol. The van der Waals surface area contributed by atoms with Gasteiger partial charge < -0.3 is 15.2 Å². The molecule has 0 bridgehead atoms. The second-order valence-corrected chi connectivity index (χ2v) is 47.1. The molecule has 2 fully saturated rings. The van der Waals surface area contributed by atoms with E-state index in [0.717, 1.165) is 79.7 Å². The highest BCUT2D eigenvalue weighted by Crippen LogP contribution is 2.40. The summed E-state index contributed by atoms with van der Waals surface area (Å²) in [6, 6.07) is 11.4. The van der Waals surface area contributed by atoms with Crippen LogP contribution in [0.4, 0.5) is 10.3 Å². The molecule has 31 heteroatoms. The molecule has 16 aromatic heterocycles. The van der Waals surface area contributed by atoms with Gasteiger partial charge in [0.25, 0.3) is 0 Å². The first-order valence-corrected chi connectivity index (χ1v) is 48.3. The maximum atomic E-state index is 12.8. The Balaban J connectivity index is 0.000000190. The van der Waals surface area contributed by atoms with E-state index in [1.165, 1.54) is 75.3 Å². The molecule has 0 atom stereocenters. The molecule has 16 heterocycles. The number of aryl methyl sites for hydroxylation is 6. The third kappa shape index (κ3) is 38.1. The van der Waals surface area contributed by atoms with E-state index in [-0.39, 0.29) is 59.9 Å². The molecule has 2 aliphatic rings. The topological polar surface area (TPSA) is 350 Å². The van der Waals surface area contributed by atoms with Gasteiger partial charge in [0.2, 0.25) is 23.7 Å². The first kappa shape index (κ1) is 113. The third-order valence-electron chi connectivity index (χ3n) is 21.6. The molecule has 0 unspecified atom stereocenters. The highest BCUT2D eigenvalue weighted by Gasteiger charge is 2.30. The largest absolute Gasteiger partial charge is 0.471 e. The summed E-state index contributed by atoms with van der Waals surface area (Å²) in [6.07, 6.45) is 46.1. The molecule has 0 aliphatic heterocycles. The molecule has 16 aromatic rings. The standard InChI is InChI=1S/C13H17N3.2C11H15N3.C11H16N2.C10H12FN3.C10H13N3.2C9H14N2O.2C9H14N2.C8H13N3/c1-13(2,3)10-7-14-12-6-11(9-4-5-9)15-16(12)8-10;1-8-5-10-12-6-9(11(2,3)4)7-14(10)13-8;1-8-12-10-6-5-9(11(2,3)4)7-14(10)13-8;1-11(2,3)9-6-12-10(13-7-9)8-4-5-8;1-10(2,3)7-5-12-9-4-8(11)13-14(9)6-7;1-10(2,3)8-6-11-9-4-5-12-13(9)7-8;2*1-7-5-11-8(6-10-7)12-9(2,3)4;1-7-10-5-8(6-11-7)9(2,3)4;1-7-5-11-8(6-10-7)9(2,3)4;1-8(2,3)6-4-10-7(9)11-5-6/h6-9H,4-5H2,1-3H3;2*5-7H,1-4H3;6-8H,4-5H2,1-3H3;4-6H,1-3H3;4-7H,1-3H3;2*5-6H,1-4H3;2*5-6H,1-4H3;4-5H,1-3H3,(H2,9,10,11). The van der Waals surface area contributed by atoms with Gasteiger partial charge in [-0.3, -0.25) is 19.9 Å². The molecule has 0 aromatic carbocycles. The Morgan fingerprint density at radius 2 is 0.638 bits per heavy atom. The van der Waals surface area contributed by atoms with Crippen molar-refractivity contribution in [2.24, 2.45) is 0 Å². The van der Waals surface area contributed by atoms with Crippen molar-refractivity contribution in [1.82, 2.24) is 133 Å². The van der Waals surface area contributed by atoms with Gasteiger partial charge in [0.1, 0.15) is 28.7 Å². The van der Waals surface area contributed by atoms with Crippen LogP contribution in [0.25, 0.3) is 28.2 Å². The van der Waals surface area contributed by atoms with Crippen molar-refractivity contribution < 1.29 is 13.9 Å². The van der Waals surface area contributed by atoms with E-state index < -0.39 is 5.95 Å². The molecule has 0 spiro atoms. The molecule has 0 radical (unpaired) electrons. The van der Waals surface area contributed by atoms with E-state index in [0.29, 0.717) is 35.2 Å². The zero-order valence-corrected chi connectivity index (χ0v) is 91.5. The molecular formula is C110H157FN28O2. The number of hydrogen-bond acceptors (Lipinski definition) is 25. The lowest BCUT2D eigenvalue weighted by molar-refractivity contribution is 0.123. The lowest BCUT2D eigenvalue weighted by Crippen LogP contribution is -2.23. The summed E-state index contributed by atoms with van der Waals surface area (Å²) in [7, 11) is 0. The first-order chi connectivity index (χ1) is 65.0. The van der Waals surface area contributed by atoms with Crippen molar-refractivity contribution in [2.45, 2.75) is 367 Å². The van der Waals surface area contributed by atoms with Crippen molar-refractivity contribution >= 4 is 34.2 Å². The van der Waals surface area contributed by atoms with Gasteiger partial charge in [-0.15, -0.1) is 5.10 Å². The SMILES string of the molecule is CC(C)(C)c1cnc(C2CC2)nc1.CC(C)(C)c1cnc(N)nc1.CC(C)(C)c1cnc2cc(C3CC3)nn2c1.CC(C)(C)c1cnc2cc(F)nn2c1.CC(C)(C)c1cnc2ccnn2c1.Cc1cc2ncc(C(C)(C)C)cn2n1.Cc1cnc(C(C)(C)C)cn1.Cc1cnc(OC(C)(C)C)cn1.Cc1cnc(OC(C)(C)C)cn1.Cc1nc2ccc(C(C)(C)C)cn2n1.Cc1ncc(C(C)(C)C)cn1. The molecule has 2 aliphatic carbocycles. The molecule has 0 amide bonds. The van der Waals surface area contributed by atoms with Crippen LogP contribution in [0.15, 0.2) is 173 Å². The van der Waals surface area contributed by atoms with E-state index in [1.54, 1.807) is 60.3 Å². The monoisotopic (exact) mass is 1920 g/mol. The maximum Gasteiger partial charge on any atom is 0.235 e. The number of halogens is 1. The lowest BCUT2D eigenvalue weighted by atomic mass is 9.88. The van der Waals surface area contributed by atoms with Crippen LogP contribution in [0.2, 0.25) is 0 Å². The maximum absolute atomic E-state index is 12.8. The second-order valence-electron chi connectivity index (χ2n) is 47.1. The molecule has 18 rings (SSSR count). The summed E-state index contributed by atoms with van der Waals surface area (Å²) in [6.45, 7) is 81.6. The van der Waals surface area contributed by atoms with Gasteiger partial charge in [0, 0.05) is 147 Å². The number of fused-ring (bicyclic) bond motifs is 5. The minimum atomic E-state index is -0.497. The van der Waals surface area contributed by atoms with E-state index in [1.807, 2.05) is 177 Å². The molecule has 756 valence electrons. The summed E-state index contributed by atoms with van der Waals surface area (Å²) >= 11 is 0. The Kier molecular flexibility index (Phi) is 37.4. The second kappa shape index (κ2) is 46.5. The highest BCUT2D eigenvalue weighted by atomic mass is 19.1. The van der Waals surface area contributed by atoms with Crippen LogP contribution < -0.4 is 15.2 Å². The number of nitrogens with two attached hydrogens (primary N) is 1. The highest BCUT2D eigenvalue weighted by molar-refractivity contribution is 5.44. The van der Waals surface area contributed by atoms with Crippen molar-refractivity contribution in [3.8, 4) is 11.8 Å². The quantitative estimate of drug-likeness (QED) is 0.171. The van der Waals surface area contributed by atoms with Gasteiger partial charge in [-0.05, 0) is 203 Å². The Morgan fingerprint density at radius 1 is 0.284 bits per heavy atom. The normalized spacial score (nSPS) is 13.0. The predicted molar refractivity (Wildman–Crippen MR) is 563 cm³/mol. The van der Waals surface area contributed by atoms with E-state index in [9.17, 15) is 4.39 Å². The Labute approximate surface area is 835 Å². The van der Waals surface area contributed by atoms with Crippen LogP contribution in [0.1, 0.15) is 362 Å². The van der Waals surface area contributed by atoms with Gasteiger partial charge in [-0.25, -0.2) is 87.4 Å². The van der Waals surface area contributed by atoms with Crippen molar-refractivity contribution in [3.63, 3.8) is 0 Å². The number of nitrogen functional groups attached to an aromatic ring is 1. The number of hydrogen-bond donors (Lipinski definition) is 1. The van der Waals surface area contributed by atoms with E-state index in [4.69, 9.17) is 15.2 Å². The fourth-order valence-corrected chi connectivity index (χ4v) is 12.2. The minimum absolute atomic E-state index is 0.00359. The summed E-state index contributed by atoms with van der Waals surface area (Å²) in [5.41, 5.74) is 25.7. The molecule has 30 nitrogen and oxygen atoms in total. The molecule has 2 N–H and O–H groups in total. The number of anilines is 1. The fraction of sp³-hybridized carbons (Fsp3) is 0.509.